The van der Waals surface area contributed by atoms with Gasteiger partial charge in [-0.15, -0.1) is 0 Å². The van der Waals surface area contributed by atoms with Crippen LogP contribution in [0.3, 0.4) is 0 Å². The van der Waals surface area contributed by atoms with Gasteiger partial charge in [0.15, 0.2) is 0 Å². The predicted molar refractivity (Wildman–Crippen MR) is 54.2 cm³/mol. The van der Waals surface area contributed by atoms with Gasteiger partial charge in [-0.3, -0.25) is 14.8 Å². The number of benzene rings is 1. The Bertz CT molecular complexity index is 352. The minimum absolute atomic E-state index is 0.0261. The molecule has 0 bridgehead atoms. The predicted octanol–water partition coefficient (Wildman–Crippen LogP) is 1.56. The summed E-state index contributed by atoms with van der Waals surface area (Å²) in [7, 11) is 0. The number of nitrogens with zero attached hydrogens (tertiary/aromatic N) is 1. The first-order valence-corrected chi connectivity index (χ1v) is 4.04. The van der Waals surface area contributed by atoms with Crippen LogP contribution >= 0.6 is 12.8 Å². The van der Waals surface area contributed by atoms with Crippen LogP contribution in [-0.2, 0) is 0 Å². The highest BCUT2D eigenvalue weighted by atomic mass is 32.1. The Morgan fingerprint density at radius 3 is 2.36 bits per heavy atom. The number of non-ortho nitro benzene ring substituents is 1. The number of carbonyl (C=O) groups excluding carboxylic acids is 1. The number of urea groups is 1. The first-order valence-electron chi connectivity index (χ1n) is 3.59. The Morgan fingerprint density at radius 1 is 1.36 bits per heavy atom. The second kappa shape index (κ2) is 4.47. The van der Waals surface area contributed by atoms with Crippen molar-refractivity contribution in [2.75, 3.05) is 5.32 Å². The molecule has 74 valence electrons. The number of anilines is 1. The van der Waals surface area contributed by atoms with Gasteiger partial charge in [-0.25, -0.2) is 4.79 Å². The molecule has 6 nitrogen and oxygen atoms in total. The molecular weight excluding hydrogens is 206 g/mol. The molecule has 0 aliphatic carbocycles. The maximum atomic E-state index is 10.8. The summed E-state index contributed by atoms with van der Waals surface area (Å²) in [6.45, 7) is 0. The van der Waals surface area contributed by atoms with Crippen LogP contribution in [0.2, 0.25) is 0 Å². The summed E-state index contributed by atoms with van der Waals surface area (Å²) in [6, 6.07) is 4.96. The number of amides is 2. The van der Waals surface area contributed by atoms with Gasteiger partial charge in [0.1, 0.15) is 0 Å². The monoisotopic (exact) mass is 213 g/mol. The number of nitro benzene ring substituents is 1. The van der Waals surface area contributed by atoms with Crippen LogP contribution in [0.5, 0.6) is 0 Å². The molecule has 0 aliphatic heterocycles. The molecule has 0 atom stereocenters. The fourth-order valence-electron chi connectivity index (χ4n) is 0.826. The molecule has 0 saturated heterocycles. The summed E-state index contributed by atoms with van der Waals surface area (Å²) in [5.41, 5.74) is 0.434. The van der Waals surface area contributed by atoms with Crippen molar-refractivity contribution in [2.24, 2.45) is 0 Å². The molecule has 0 unspecified atom stereocenters. The Morgan fingerprint density at radius 2 is 1.93 bits per heavy atom. The second-order valence-corrected chi connectivity index (χ2v) is 2.59. The highest BCUT2D eigenvalue weighted by Gasteiger charge is 2.04. The van der Waals surface area contributed by atoms with Gasteiger partial charge in [-0.2, -0.15) is 0 Å². The number of hydrogen-bond donors (Lipinski definition) is 3. The Kier molecular flexibility index (Phi) is 3.29. The normalized spacial score (nSPS) is 9.21. The number of nitro groups is 1. The molecule has 0 heterocycles. The van der Waals surface area contributed by atoms with Crippen LogP contribution in [0.15, 0.2) is 24.3 Å². The average molecular weight is 213 g/mol. The van der Waals surface area contributed by atoms with Crippen LogP contribution in [0.1, 0.15) is 0 Å². The van der Waals surface area contributed by atoms with Crippen LogP contribution in [0, 0.1) is 10.1 Å². The Hall–Kier alpha value is -1.76. The van der Waals surface area contributed by atoms with Crippen LogP contribution in [-0.4, -0.2) is 11.0 Å². The lowest BCUT2D eigenvalue weighted by Crippen LogP contribution is -2.20. The summed E-state index contributed by atoms with van der Waals surface area (Å²) < 4.78 is 2.06. The minimum Gasteiger partial charge on any atom is -0.307 e. The van der Waals surface area contributed by atoms with Crippen molar-refractivity contribution >= 4 is 30.2 Å². The third kappa shape index (κ3) is 2.63. The second-order valence-electron chi connectivity index (χ2n) is 2.37. The number of carbonyl (C=O) groups is 1. The quantitative estimate of drug-likeness (QED) is 0.396. The van der Waals surface area contributed by atoms with Gasteiger partial charge in [-0.05, 0) is 12.1 Å². The van der Waals surface area contributed by atoms with Gasteiger partial charge in [0.25, 0.3) is 5.69 Å². The summed E-state index contributed by atoms with van der Waals surface area (Å²) in [5.74, 6) is 0. The van der Waals surface area contributed by atoms with E-state index in [4.69, 9.17) is 0 Å². The Labute approximate surface area is 85.0 Å². The number of hydrogen-bond acceptors (Lipinski definition) is 4. The molecule has 0 aromatic heterocycles. The van der Waals surface area contributed by atoms with Crippen LogP contribution in [0.25, 0.3) is 0 Å². The van der Waals surface area contributed by atoms with E-state index in [1.54, 1.807) is 0 Å². The molecule has 0 fully saturated rings. The number of thiol groups is 1. The highest BCUT2D eigenvalue weighted by Crippen LogP contribution is 2.14. The van der Waals surface area contributed by atoms with Crippen molar-refractivity contribution in [1.82, 2.24) is 4.72 Å². The van der Waals surface area contributed by atoms with Crippen LogP contribution < -0.4 is 10.0 Å². The van der Waals surface area contributed by atoms with E-state index in [-0.39, 0.29) is 5.69 Å². The molecule has 1 aromatic carbocycles. The van der Waals surface area contributed by atoms with E-state index >= 15 is 0 Å². The van der Waals surface area contributed by atoms with E-state index < -0.39 is 11.0 Å². The first-order chi connectivity index (χ1) is 6.63. The molecule has 0 saturated carbocycles. The molecule has 2 N–H and O–H groups in total. The zero-order valence-electron chi connectivity index (χ0n) is 6.93. The maximum Gasteiger partial charge on any atom is 0.329 e. The highest BCUT2D eigenvalue weighted by molar-refractivity contribution is 7.78. The lowest BCUT2D eigenvalue weighted by Gasteiger charge is -2.02. The molecule has 1 rings (SSSR count). The third-order valence-corrected chi connectivity index (χ3v) is 1.64. The van der Waals surface area contributed by atoms with E-state index in [1.165, 1.54) is 24.3 Å². The van der Waals surface area contributed by atoms with Crippen molar-refractivity contribution in [1.29, 1.82) is 0 Å². The van der Waals surface area contributed by atoms with Gasteiger partial charge < -0.3 is 5.32 Å². The standard InChI is InChI=1S/C7H7N3O3S/c11-7(9-14)8-5-1-3-6(4-2-5)10(12)13/h1-4,14H,(H2,8,9,11). The van der Waals surface area contributed by atoms with Crippen LogP contribution in [0.4, 0.5) is 16.2 Å². The molecule has 0 spiro atoms. The molecule has 2 amide bonds. The van der Waals surface area contributed by atoms with Crippen molar-refractivity contribution in [3.05, 3.63) is 34.4 Å². The van der Waals surface area contributed by atoms with Gasteiger partial charge in [0.05, 0.1) is 4.92 Å². The van der Waals surface area contributed by atoms with E-state index in [1.807, 2.05) is 0 Å². The first kappa shape index (κ1) is 10.3. The van der Waals surface area contributed by atoms with Crippen molar-refractivity contribution in [3.8, 4) is 0 Å². The smallest absolute Gasteiger partial charge is 0.307 e. The lowest BCUT2D eigenvalue weighted by molar-refractivity contribution is -0.384. The third-order valence-electron chi connectivity index (χ3n) is 1.44. The topological polar surface area (TPSA) is 84.3 Å². The lowest BCUT2D eigenvalue weighted by atomic mass is 10.3. The SMILES string of the molecule is O=C(NS)Nc1ccc([N+](=O)[O-])cc1. The Balaban J connectivity index is 2.73. The number of nitrogens with one attached hydrogen (secondary N) is 2. The molecule has 7 heteroatoms. The summed E-state index contributed by atoms with van der Waals surface area (Å²) in [4.78, 5) is 20.5. The van der Waals surface area contributed by atoms with E-state index in [2.05, 4.69) is 22.9 Å². The van der Waals surface area contributed by atoms with Gasteiger partial charge >= 0.3 is 6.03 Å². The maximum absolute atomic E-state index is 10.8. The van der Waals surface area contributed by atoms with Crippen molar-refractivity contribution in [3.63, 3.8) is 0 Å². The fourth-order valence-corrected chi connectivity index (χ4v) is 0.881. The fraction of sp³-hybridized carbons (Fsp3) is 0. The number of rotatable bonds is 2. The zero-order valence-corrected chi connectivity index (χ0v) is 7.82. The average Bonchev–Trinajstić information content (AvgIpc) is 2.18. The molecule has 0 aliphatic rings. The summed E-state index contributed by atoms with van der Waals surface area (Å²) in [6.07, 6.45) is 0. The molecule has 1 aromatic rings. The van der Waals surface area contributed by atoms with Gasteiger partial charge in [0.2, 0.25) is 0 Å². The summed E-state index contributed by atoms with van der Waals surface area (Å²) in [5, 5.41) is 12.7. The molecular formula is C7H7N3O3S. The van der Waals surface area contributed by atoms with E-state index in [9.17, 15) is 14.9 Å². The van der Waals surface area contributed by atoms with E-state index in [0.29, 0.717) is 5.69 Å². The van der Waals surface area contributed by atoms with Gasteiger partial charge in [0, 0.05) is 17.8 Å². The van der Waals surface area contributed by atoms with Crippen molar-refractivity contribution < 1.29 is 9.72 Å². The zero-order chi connectivity index (χ0) is 10.6. The largest absolute Gasteiger partial charge is 0.329 e. The summed E-state index contributed by atoms with van der Waals surface area (Å²) >= 11 is 3.53. The minimum atomic E-state index is -0.511. The van der Waals surface area contributed by atoms with Crippen molar-refractivity contribution in [2.45, 2.75) is 0 Å². The molecule has 14 heavy (non-hydrogen) atoms. The van der Waals surface area contributed by atoms with E-state index in [0.717, 1.165) is 0 Å². The molecule has 0 radical (unpaired) electrons. The van der Waals surface area contributed by atoms with Gasteiger partial charge in [-0.1, -0.05) is 12.8 Å².